The molecule has 5 nitrogen and oxygen atoms in total. The molecule has 1 aromatic carbocycles. The van der Waals surface area contributed by atoms with Crippen molar-refractivity contribution in [1.29, 1.82) is 5.41 Å². The number of guanidine groups is 1. The lowest BCUT2D eigenvalue weighted by molar-refractivity contribution is -0.140. The lowest BCUT2D eigenvalue weighted by Gasteiger charge is -2.27. The zero-order chi connectivity index (χ0) is 15.2. The molecule has 1 aliphatic rings. The summed E-state index contributed by atoms with van der Waals surface area (Å²) in [6.07, 6.45) is 3.58. The van der Waals surface area contributed by atoms with Gasteiger partial charge in [-0.1, -0.05) is 15.9 Å². The Hall–Kier alpha value is -1.56. The second kappa shape index (κ2) is 7.45. The third-order valence-corrected chi connectivity index (χ3v) is 4.32. The van der Waals surface area contributed by atoms with Crippen LogP contribution >= 0.6 is 15.9 Å². The monoisotopic (exact) mass is 353 g/mol. The quantitative estimate of drug-likeness (QED) is 0.336. The first-order valence-corrected chi connectivity index (χ1v) is 7.89. The highest BCUT2D eigenvalue weighted by Gasteiger charge is 2.27. The molecule has 1 aliphatic carbocycles. The fourth-order valence-electron chi connectivity index (χ4n) is 2.56. The number of esters is 1. The highest BCUT2D eigenvalue weighted by atomic mass is 79.9. The van der Waals surface area contributed by atoms with Crippen molar-refractivity contribution in [3.8, 4) is 5.75 Å². The number of carbonyl (C=O) groups is 1. The first-order chi connectivity index (χ1) is 10.0. The van der Waals surface area contributed by atoms with Crippen molar-refractivity contribution in [3.05, 3.63) is 28.7 Å². The van der Waals surface area contributed by atoms with Crippen LogP contribution in [0.2, 0.25) is 0 Å². The van der Waals surface area contributed by atoms with E-state index in [0.29, 0.717) is 18.2 Å². The molecule has 21 heavy (non-hydrogen) atoms. The highest BCUT2D eigenvalue weighted by molar-refractivity contribution is 9.10. The van der Waals surface area contributed by atoms with Gasteiger partial charge in [0.15, 0.2) is 5.96 Å². The van der Waals surface area contributed by atoms with Crippen molar-refractivity contribution in [3.63, 3.8) is 0 Å². The molecule has 0 amide bonds. The Bertz CT molecular complexity index is 496. The fourth-order valence-corrected chi connectivity index (χ4v) is 2.82. The van der Waals surface area contributed by atoms with Gasteiger partial charge < -0.3 is 15.8 Å². The van der Waals surface area contributed by atoms with E-state index in [2.05, 4.69) is 21.2 Å². The third-order valence-electron chi connectivity index (χ3n) is 3.79. The molecule has 0 spiro atoms. The Morgan fingerprint density at radius 2 is 1.90 bits per heavy atom. The largest absolute Gasteiger partial charge is 0.426 e. The standard InChI is InChI=1S/C15H20BrN3O2/c16-12-5-7-13(8-6-12)21-14(20)11-3-1-10(2-4-11)9-19-15(17)18/h5-8,10-11H,1-4,9H2,(H4,17,18,19). The molecule has 0 saturated heterocycles. The van der Waals surface area contributed by atoms with Crippen LogP contribution in [-0.4, -0.2) is 18.5 Å². The number of benzene rings is 1. The van der Waals surface area contributed by atoms with Crippen LogP contribution < -0.4 is 15.8 Å². The summed E-state index contributed by atoms with van der Waals surface area (Å²) in [6, 6.07) is 7.27. The SMILES string of the molecule is N=C(N)NCC1CCC(C(=O)Oc2ccc(Br)cc2)CC1. The second-order valence-corrected chi connectivity index (χ2v) is 6.30. The molecular formula is C15H20BrN3O2. The summed E-state index contributed by atoms with van der Waals surface area (Å²) >= 11 is 3.35. The molecule has 1 aromatic rings. The summed E-state index contributed by atoms with van der Waals surface area (Å²) in [5.41, 5.74) is 5.28. The Morgan fingerprint density at radius 3 is 2.48 bits per heavy atom. The molecule has 0 aliphatic heterocycles. The minimum absolute atomic E-state index is 0.00627. The zero-order valence-corrected chi connectivity index (χ0v) is 13.4. The van der Waals surface area contributed by atoms with Gasteiger partial charge in [-0.15, -0.1) is 0 Å². The van der Waals surface area contributed by atoms with Gasteiger partial charge in [-0.25, -0.2) is 0 Å². The van der Waals surface area contributed by atoms with Gasteiger partial charge in [0.25, 0.3) is 0 Å². The highest BCUT2D eigenvalue weighted by Crippen LogP contribution is 2.29. The van der Waals surface area contributed by atoms with Crippen LogP contribution in [0.4, 0.5) is 0 Å². The number of carbonyl (C=O) groups excluding carboxylic acids is 1. The van der Waals surface area contributed by atoms with Gasteiger partial charge in [0, 0.05) is 11.0 Å². The van der Waals surface area contributed by atoms with Crippen LogP contribution in [0.15, 0.2) is 28.7 Å². The van der Waals surface area contributed by atoms with Crippen LogP contribution in [0.1, 0.15) is 25.7 Å². The predicted molar refractivity (Wildman–Crippen MR) is 85.1 cm³/mol. The Kier molecular flexibility index (Phi) is 5.61. The normalized spacial score (nSPS) is 21.6. The molecule has 0 atom stereocenters. The summed E-state index contributed by atoms with van der Waals surface area (Å²) in [5, 5.41) is 9.99. The van der Waals surface area contributed by atoms with Crippen LogP contribution in [0.25, 0.3) is 0 Å². The van der Waals surface area contributed by atoms with Crippen LogP contribution in [0.3, 0.4) is 0 Å². The molecular weight excluding hydrogens is 334 g/mol. The fraction of sp³-hybridized carbons (Fsp3) is 0.467. The Morgan fingerprint density at radius 1 is 1.29 bits per heavy atom. The molecule has 0 heterocycles. The molecule has 114 valence electrons. The minimum Gasteiger partial charge on any atom is -0.426 e. The van der Waals surface area contributed by atoms with Crippen molar-refractivity contribution in [2.45, 2.75) is 25.7 Å². The minimum atomic E-state index is -0.143. The van der Waals surface area contributed by atoms with E-state index in [1.54, 1.807) is 12.1 Å². The van der Waals surface area contributed by atoms with E-state index < -0.39 is 0 Å². The van der Waals surface area contributed by atoms with E-state index >= 15 is 0 Å². The van der Waals surface area contributed by atoms with E-state index in [1.165, 1.54) is 0 Å². The van der Waals surface area contributed by atoms with Gasteiger partial charge in [-0.2, -0.15) is 0 Å². The van der Waals surface area contributed by atoms with E-state index in [-0.39, 0.29) is 17.8 Å². The second-order valence-electron chi connectivity index (χ2n) is 5.39. The van der Waals surface area contributed by atoms with Gasteiger partial charge >= 0.3 is 5.97 Å². The number of nitrogens with one attached hydrogen (secondary N) is 2. The summed E-state index contributed by atoms with van der Waals surface area (Å²) < 4.78 is 6.37. The lowest BCUT2D eigenvalue weighted by Crippen LogP contribution is -2.36. The van der Waals surface area contributed by atoms with Crippen molar-refractivity contribution < 1.29 is 9.53 Å². The van der Waals surface area contributed by atoms with E-state index in [1.807, 2.05) is 12.1 Å². The Labute approximate surface area is 132 Å². The first-order valence-electron chi connectivity index (χ1n) is 7.09. The molecule has 0 bridgehead atoms. The lowest BCUT2D eigenvalue weighted by atomic mass is 9.82. The Balaban J connectivity index is 1.77. The van der Waals surface area contributed by atoms with Crippen LogP contribution in [0.5, 0.6) is 5.75 Å². The number of hydrogen-bond donors (Lipinski definition) is 3. The molecule has 0 unspecified atom stereocenters. The van der Waals surface area contributed by atoms with Gasteiger partial charge in [0.05, 0.1) is 5.92 Å². The van der Waals surface area contributed by atoms with Crippen molar-refractivity contribution >= 4 is 27.9 Å². The number of halogens is 1. The molecule has 2 rings (SSSR count). The van der Waals surface area contributed by atoms with Crippen LogP contribution in [0, 0.1) is 17.2 Å². The van der Waals surface area contributed by atoms with Gasteiger partial charge in [0.1, 0.15) is 5.75 Å². The number of nitrogens with two attached hydrogens (primary N) is 1. The van der Waals surface area contributed by atoms with E-state index in [9.17, 15) is 4.79 Å². The average molecular weight is 354 g/mol. The molecule has 1 saturated carbocycles. The maximum absolute atomic E-state index is 12.1. The maximum Gasteiger partial charge on any atom is 0.314 e. The third kappa shape index (κ3) is 5.04. The zero-order valence-electron chi connectivity index (χ0n) is 11.8. The van der Waals surface area contributed by atoms with Crippen molar-refractivity contribution in [2.24, 2.45) is 17.6 Å². The van der Waals surface area contributed by atoms with Gasteiger partial charge in [-0.3, -0.25) is 10.2 Å². The summed E-state index contributed by atoms with van der Waals surface area (Å²) in [4.78, 5) is 12.1. The summed E-state index contributed by atoms with van der Waals surface area (Å²) in [7, 11) is 0. The van der Waals surface area contributed by atoms with E-state index in [4.69, 9.17) is 15.9 Å². The van der Waals surface area contributed by atoms with Gasteiger partial charge in [0.2, 0.25) is 0 Å². The summed E-state index contributed by atoms with van der Waals surface area (Å²) in [6.45, 7) is 0.712. The smallest absolute Gasteiger partial charge is 0.314 e. The van der Waals surface area contributed by atoms with E-state index in [0.717, 1.165) is 30.2 Å². The number of rotatable bonds is 4. The molecule has 4 N–H and O–H groups in total. The molecule has 0 radical (unpaired) electrons. The molecule has 1 fully saturated rings. The molecule has 0 aromatic heterocycles. The first kappa shape index (κ1) is 15.8. The van der Waals surface area contributed by atoms with Crippen molar-refractivity contribution in [2.75, 3.05) is 6.54 Å². The van der Waals surface area contributed by atoms with Gasteiger partial charge in [-0.05, 0) is 55.9 Å². The van der Waals surface area contributed by atoms with Crippen molar-refractivity contribution in [1.82, 2.24) is 5.32 Å². The topological polar surface area (TPSA) is 88.2 Å². The number of ether oxygens (including phenoxy) is 1. The summed E-state index contributed by atoms with van der Waals surface area (Å²) in [5.74, 6) is 0.901. The molecule has 6 heteroatoms. The average Bonchev–Trinajstić information content (AvgIpc) is 2.48. The number of hydrogen-bond acceptors (Lipinski definition) is 3. The predicted octanol–water partition coefficient (Wildman–Crippen LogP) is 2.64. The van der Waals surface area contributed by atoms with Crippen LogP contribution in [-0.2, 0) is 4.79 Å². The maximum atomic E-state index is 12.1.